The quantitative estimate of drug-likeness (QED) is 0.877. The molecule has 3 aliphatic rings. The number of hydrogen-bond donors (Lipinski definition) is 2. The maximum Gasteiger partial charge on any atom is 0.237 e. The van der Waals surface area contributed by atoms with Gasteiger partial charge in [-0.2, -0.15) is 0 Å². The monoisotopic (exact) mass is 327 g/mol. The predicted octanol–water partition coefficient (Wildman–Crippen LogP) is 1.22. The first-order valence-corrected chi connectivity index (χ1v) is 9.10. The number of nitrogens with one attached hydrogen (secondary N) is 2. The molecule has 5 heteroatoms. The van der Waals surface area contributed by atoms with Crippen LogP contribution in [-0.4, -0.2) is 41.9 Å². The molecule has 1 aliphatic carbocycles. The van der Waals surface area contributed by atoms with Gasteiger partial charge >= 0.3 is 0 Å². The zero-order valence-corrected chi connectivity index (χ0v) is 14.0. The molecule has 2 amide bonds. The minimum atomic E-state index is -0.147. The van der Waals surface area contributed by atoms with Crippen LogP contribution >= 0.6 is 0 Å². The van der Waals surface area contributed by atoms with E-state index >= 15 is 0 Å². The minimum Gasteiger partial charge on any atom is -0.352 e. The van der Waals surface area contributed by atoms with Crippen LogP contribution in [0.3, 0.4) is 0 Å². The van der Waals surface area contributed by atoms with Crippen LogP contribution in [0, 0.1) is 5.92 Å². The van der Waals surface area contributed by atoms with Gasteiger partial charge < -0.3 is 15.5 Å². The molecule has 2 heterocycles. The molecule has 1 unspecified atom stereocenters. The maximum absolute atomic E-state index is 12.6. The van der Waals surface area contributed by atoms with Gasteiger partial charge in [0.1, 0.15) is 0 Å². The third-order valence-corrected chi connectivity index (χ3v) is 5.48. The molecule has 1 aromatic rings. The van der Waals surface area contributed by atoms with Gasteiger partial charge in [0.2, 0.25) is 11.8 Å². The molecule has 0 aromatic heterocycles. The largest absolute Gasteiger partial charge is 0.352 e. The van der Waals surface area contributed by atoms with E-state index in [1.54, 1.807) is 0 Å². The lowest BCUT2D eigenvalue weighted by atomic mass is 9.95. The highest BCUT2D eigenvalue weighted by molar-refractivity contribution is 5.83. The van der Waals surface area contributed by atoms with E-state index in [1.165, 1.54) is 11.1 Å². The number of fused-ring (bicyclic) bond motifs is 1. The summed E-state index contributed by atoms with van der Waals surface area (Å²) in [4.78, 5) is 26.6. The number of benzene rings is 1. The van der Waals surface area contributed by atoms with Crippen LogP contribution in [-0.2, 0) is 22.6 Å². The summed E-state index contributed by atoms with van der Waals surface area (Å²) in [6.07, 6.45) is 4.61. The van der Waals surface area contributed by atoms with E-state index in [-0.39, 0.29) is 18.0 Å². The third-order valence-electron chi connectivity index (χ3n) is 5.48. The summed E-state index contributed by atoms with van der Waals surface area (Å²) >= 11 is 0. The topological polar surface area (TPSA) is 61.4 Å². The van der Waals surface area contributed by atoms with E-state index in [2.05, 4.69) is 22.8 Å². The summed E-state index contributed by atoms with van der Waals surface area (Å²) in [6, 6.07) is 8.34. The fourth-order valence-electron chi connectivity index (χ4n) is 3.77. The number of nitrogens with zero attached hydrogens (tertiary/aromatic N) is 1. The van der Waals surface area contributed by atoms with Crippen molar-refractivity contribution in [2.45, 2.75) is 50.7 Å². The van der Waals surface area contributed by atoms with Crippen molar-refractivity contribution in [1.82, 2.24) is 15.5 Å². The molecule has 5 nitrogen and oxygen atoms in total. The Morgan fingerprint density at radius 2 is 1.75 bits per heavy atom. The number of carbonyl (C=O) groups is 2. The molecule has 1 atom stereocenters. The summed E-state index contributed by atoms with van der Waals surface area (Å²) in [7, 11) is 0. The Bertz CT molecular complexity index is 633. The van der Waals surface area contributed by atoms with Crippen molar-refractivity contribution in [1.29, 1.82) is 0 Å². The molecule has 1 aromatic carbocycles. The number of amides is 2. The van der Waals surface area contributed by atoms with Crippen LogP contribution in [0.5, 0.6) is 0 Å². The fraction of sp³-hybridized carbons (Fsp3) is 0.579. The van der Waals surface area contributed by atoms with Crippen LogP contribution in [0.15, 0.2) is 24.3 Å². The maximum atomic E-state index is 12.6. The average Bonchev–Trinajstić information content (AvgIpc) is 3.46. The van der Waals surface area contributed by atoms with Gasteiger partial charge in [0.05, 0.1) is 6.04 Å². The van der Waals surface area contributed by atoms with Gasteiger partial charge in [0, 0.05) is 31.6 Å². The van der Waals surface area contributed by atoms with Gasteiger partial charge in [-0.3, -0.25) is 9.59 Å². The minimum absolute atomic E-state index is 0.0940. The van der Waals surface area contributed by atoms with E-state index in [9.17, 15) is 9.59 Å². The van der Waals surface area contributed by atoms with E-state index in [4.69, 9.17) is 0 Å². The Balaban J connectivity index is 1.27. The van der Waals surface area contributed by atoms with Crippen molar-refractivity contribution < 1.29 is 9.59 Å². The standard InChI is InChI=1S/C19H25N3O2/c23-18(17-11-14-3-1-2-4-15(14)12-20-17)21-16-7-9-22(10-8-16)19(24)13-5-6-13/h1-4,13,16-17,20H,5-12H2,(H,21,23). The van der Waals surface area contributed by atoms with Crippen LogP contribution in [0.2, 0.25) is 0 Å². The Morgan fingerprint density at radius 1 is 1.04 bits per heavy atom. The zero-order valence-electron chi connectivity index (χ0n) is 14.0. The molecule has 128 valence electrons. The van der Waals surface area contributed by atoms with Crippen LogP contribution in [0.4, 0.5) is 0 Å². The van der Waals surface area contributed by atoms with Crippen molar-refractivity contribution in [3.05, 3.63) is 35.4 Å². The molecular weight excluding hydrogens is 302 g/mol. The molecular formula is C19H25N3O2. The number of carbonyl (C=O) groups excluding carboxylic acids is 2. The zero-order chi connectivity index (χ0) is 16.5. The predicted molar refractivity (Wildman–Crippen MR) is 91.2 cm³/mol. The molecule has 0 spiro atoms. The molecule has 2 N–H and O–H groups in total. The second kappa shape index (κ2) is 6.55. The lowest BCUT2D eigenvalue weighted by Gasteiger charge is -2.34. The highest BCUT2D eigenvalue weighted by Gasteiger charge is 2.35. The Hall–Kier alpha value is -1.88. The van der Waals surface area contributed by atoms with Crippen molar-refractivity contribution >= 4 is 11.8 Å². The molecule has 0 bridgehead atoms. The van der Waals surface area contributed by atoms with E-state index in [0.29, 0.717) is 11.8 Å². The molecule has 24 heavy (non-hydrogen) atoms. The normalized spacial score (nSPS) is 24.3. The van der Waals surface area contributed by atoms with Crippen LogP contribution in [0.25, 0.3) is 0 Å². The Kier molecular flexibility index (Phi) is 4.27. The fourth-order valence-corrected chi connectivity index (χ4v) is 3.77. The van der Waals surface area contributed by atoms with Crippen molar-refractivity contribution in [2.75, 3.05) is 13.1 Å². The average molecular weight is 327 g/mol. The third kappa shape index (κ3) is 3.31. The summed E-state index contributed by atoms with van der Waals surface area (Å²) in [5.41, 5.74) is 2.55. The number of piperidine rings is 1. The van der Waals surface area contributed by atoms with Gasteiger partial charge in [-0.05, 0) is 43.2 Å². The lowest BCUT2D eigenvalue weighted by molar-refractivity contribution is -0.133. The van der Waals surface area contributed by atoms with E-state index in [1.807, 2.05) is 17.0 Å². The molecule has 2 aliphatic heterocycles. The smallest absolute Gasteiger partial charge is 0.237 e. The van der Waals surface area contributed by atoms with Crippen molar-refractivity contribution in [3.63, 3.8) is 0 Å². The van der Waals surface area contributed by atoms with Gasteiger partial charge in [0.25, 0.3) is 0 Å². The highest BCUT2D eigenvalue weighted by Crippen LogP contribution is 2.31. The van der Waals surface area contributed by atoms with Crippen molar-refractivity contribution in [2.24, 2.45) is 5.92 Å². The second-order valence-corrected chi connectivity index (χ2v) is 7.29. The number of hydrogen-bond acceptors (Lipinski definition) is 3. The van der Waals surface area contributed by atoms with E-state index in [0.717, 1.165) is 51.7 Å². The van der Waals surface area contributed by atoms with Gasteiger partial charge in [-0.15, -0.1) is 0 Å². The number of likely N-dealkylation sites (tertiary alicyclic amines) is 1. The SMILES string of the molecule is O=C(NC1CCN(C(=O)C2CC2)CC1)C1Cc2ccccc2CN1. The van der Waals surface area contributed by atoms with Crippen LogP contribution < -0.4 is 10.6 Å². The van der Waals surface area contributed by atoms with Gasteiger partial charge in [-0.25, -0.2) is 0 Å². The molecule has 4 rings (SSSR count). The van der Waals surface area contributed by atoms with Gasteiger partial charge in [-0.1, -0.05) is 24.3 Å². The second-order valence-electron chi connectivity index (χ2n) is 7.29. The van der Waals surface area contributed by atoms with Crippen LogP contribution in [0.1, 0.15) is 36.8 Å². The first-order chi connectivity index (χ1) is 11.7. The molecule has 2 fully saturated rings. The number of rotatable bonds is 3. The molecule has 1 saturated heterocycles. The molecule has 0 radical (unpaired) electrons. The highest BCUT2D eigenvalue weighted by atomic mass is 16.2. The first-order valence-electron chi connectivity index (χ1n) is 9.10. The van der Waals surface area contributed by atoms with Gasteiger partial charge in [0.15, 0.2) is 0 Å². The summed E-state index contributed by atoms with van der Waals surface area (Å²) < 4.78 is 0. The first kappa shape index (κ1) is 15.6. The summed E-state index contributed by atoms with van der Waals surface area (Å²) in [6.45, 7) is 2.31. The lowest BCUT2D eigenvalue weighted by Crippen LogP contribution is -2.53. The van der Waals surface area contributed by atoms with Crippen molar-refractivity contribution in [3.8, 4) is 0 Å². The Morgan fingerprint density at radius 3 is 2.46 bits per heavy atom. The summed E-state index contributed by atoms with van der Waals surface area (Å²) in [5, 5.41) is 6.52. The Labute approximate surface area is 142 Å². The summed E-state index contributed by atoms with van der Waals surface area (Å²) in [5.74, 6) is 0.712. The molecule has 1 saturated carbocycles. The van der Waals surface area contributed by atoms with E-state index < -0.39 is 0 Å².